The molecule has 2 N–H and O–H groups in total. The van der Waals surface area contributed by atoms with Crippen LogP contribution in [-0.4, -0.2) is 15.0 Å². The summed E-state index contributed by atoms with van der Waals surface area (Å²) in [6.07, 6.45) is 0.902. The molecule has 0 aliphatic heterocycles. The second kappa shape index (κ2) is 4.73. The standard InChI is InChI=1S/C12H9FN4S/c13-12-16-10-9(14-7-15-10)11(17-12)18-6-8-4-2-1-3-5-8/h1-5,7H,6H2,(H,14,15,16,17)/p+1. The van der Waals surface area contributed by atoms with Gasteiger partial charge in [-0.25, -0.2) is 4.98 Å². The Hall–Kier alpha value is -1.95. The van der Waals surface area contributed by atoms with Gasteiger partial charge in [0.2, 0.25) is 5.52 Å². The first-order valence-electron chi connectivity index (χ1n) is 5.42. The van der Waals surface area contributed by atoms with Gasteiger partial charge in [0.15, 0.2) is 6.33 Å². The van der Waals surface area contributed by atoms with E-state index in [4.69, 9.17) is 0 Å². The molecule has 0 spiro atoms. The Bertz CT molecular complexity index is 668. The van der Waals surface area contributed by atoms with Crippen molar-refractivity contribution >= 4 is 22.9 Å². The lowest BCUT2D eigenvalue weighted by Gasteiger charge is -1.99. The average Bonchev–Trinajstić information content (AvgIpc) is 2.85. The fourth-order valence-electron chi connectivity index (χ4n) is 1.66. The van der Waals surface area contributed by atoms with Crippen LogP contribution in [0.5, 0.6) is 0 Å². The first kappa shape index (κ1) is 11.2. The molecule has 0 radical (unpaired) electrons. The van der Waals surface area contributed by atoms with Crippen LogP contribution < -0.4 is 4.98 Å². The fraction of sp³-hybridized carbons (Fsp3) is 0.0833. The van der Waals surface area contributed by atoms with Gasteiger partial charge < -0.3 is 0 Å². The van der Waals surface area contributed by atoms with Gasteiger partial charge in [0.1, 0.15) is 5.03 Å². The van der Waals surface area contributed by atoms with Crippen LogP contribution in [0, 0.1) is 6.08 Å². The van der Waals surface area contributed by atoms with Crippen LogP contribution in [0.25, 0.3) is 11.2 Å². The van der Waals surface area contributed by atoms with E-state index in [1.807, 2.05) is 30.3 Å². The number of hydrogen-bond donors (Lipinski definition) is 1. The monoisotopic (exact) mass is 261 g/mol. The predicted octanol–water partition coefficient (Wildman–Crippen LogP) is 2.20. The summed E-state index contributed by atoms with van der Waals surface area (Å²) in [5.74, 6) is 0.741. The Labute approximate surface area is 107 Å². The maximum Gasteiger partial charge on any atom is 0.385 e. The summed E-state index contributed by atoms with van der Waals surface area (Å²) in [6, 6.07) is 9.99. The average molecular weight is 261 g/mol. The van der Waals surface area contributed by atoms with Gasteiger partial charge in [-0.3, -0.25) is 4.98 Å². The third kappa shape index (κ3) is 2.19. The summed E-state index contributed by atoms with van der Waals surface area (Å²) in [5.41, 5.74) is 2.39. The molecule has 0 saturated heterocycles. The van der Waals surface area contributed by atoms with Crippen LogP contribution >= 0.6 is 11.8 Å². The van der Waals surface area contributed by atoms with Crippen LogP contribution in [0.1, 0.15) is 5.56 Å². The van der Waals surface area contributed by atoms with E-state index in [-0.39, 0.29) is 0 Å². The molecule has 3 rings (SSSR count). The number of H-pyrrole nitrogens is 2. The Morgan fingerprint density at radius 1 is 1.22 bits per heavy atom. The molecule has 0 atom stereocenters. The molecule has 4 nitrogen and oxygen atoms in total. The number of hydrogen-bond acceptors (Lipinski definition) is 3. The Morgan fingerprint density at radius 2 is 2.06 bits per heavy atom. The van der Waals surface area contributed by atoms with Crippen LogP contribution in [0.2, 0.25) is 0 Å². The molecule has 0 fully saturated rings. The number of fused-ring (bicyclic) bond motifs is 1. The first-order chi connectivity index (χ1) is 8.83. The van der Waals surface area contributed by atoms with E-state index in [0.717, 1.165) is 11.3 Å². The highest BCUT2D eigenvalue weighted by atomic mass is 32.2. The van der Waals surface area contributed by atoms with Crippen molar-refractivity contribution in [1.82, 2.24) is 15.0 Å². The van der Waals surface area contributed by atoms with E-state index < -0.39 is 6.08 Å². The minimum absolute atomic E-state index is 0.484. The third-order valence-electron chi connectivity index (χ3n) is 2.49. The van der Waals surface area contributed by atoms with Crippen molar-refractivity contribution in [3.05, 3.63) is 48.3 Å². The molecule has 6 heteroatoms. The van der Waals surface area contributed by atoms with Crippen molar-refractivity contribution in [2.45, 2.75) is 10.8 Å². The van der Waals surface area contributed by atoms with Gasteiger partial charge >= 0.3 is 11.7 Å². The largest absolute Gasteiger partial charge is 0.385 e. The van der Waals surface area contributed by atoms with Crippen LogP contribution in [0.15, 0.2) is 41.7 Å². The van der Waals surface area contributed by atoms with Crippen LogP contribution in [0.3, 0.4) is 0 Å². The van der Waals surface area contributed by atoms with Crippen molar-refractivity contribution in [3.8, 4) is 0 Å². The zero-order valence-electron chi connectivity index (χ0n) is 9.35. The smallest absolute Gasteiger partial charge is 0.272 e. The summed E-state index contributed by atoms with van der Waals surface area (Å²) >= 11 is 1.48. The Kier molecular flexibility index (Phi) is 2.93. The highest BCUT2D eigenvalue weighted by molar-refractivity contribution is 7.98. The fourth-order valence-corrected chi connectivity index (χ4v) is 2.59. The number of rotatable bonds is 3. The summed E-state index contributed by atoms with van der Waals surface area (Å²) in [4.78, 5) is 13.3. The van der Waals surface area contributed by atoms with Crippen molar-refractivity contribution < 1.29 is 9.37 Å². The molecule has 90 valence electrons. The Morgan fingerprint density at radius 3 is 2.89 bits per heavy atom. The van der Waals surface area contributed by atoms with E-state index >= 15 is 0 Å². The van der Waals surface area contributed by atoms with Crippen molar-refractivity contribution in [2.24, 2.45) is 0 Å². The number of halogens is 1. The van der Waals surface area contributed by atoms with E-state index in [9.17, 15) is 4.39 Å². The van der Waals surface area contributed by atoms with E-state index in [1.54, 1.807) is 6.33 Å². The molecule has 0 saturated carbocycles. The third-order valence-corrected chi connectivity index (χ3v) is 3.54. The molecule has 18 heavy (non-hydrogen) atoms. The van der Waals surface area contributed by atoms with Gasteiger partial charge in [0.25, 0.3) is 0 Å². The molecular formula is C12H10FN4S+. The van der Waals surface area contributed by atoms with Crippen molar-refractivity contribution in [1.29, 1.82) is 0 Å². The first-order valence-corrected chi connectivity index (χ1v) is 6.40. The zero-order chi connectivity index (χ0) is 12.4. The number of thioether (sulfide) groups is 1. The molecule has 2 aromatic heterocycles. The minimum atomic E-state index is -0.714. The maximum absolute atomic E-state index is 13.2. The van der Waals surface area contributed by atoms with Crippen molar-refractivity contribution in [2.75, 3.05) is 0 Å². The minimum Gasteiger partial charge on any atom is -0.272 e. The second-order valence-electron chi connectivity index (χ2n) is 3.73. The topological polar surface area (TPSA) is 55.7 Å². The molecule has 0 aliphatic carbocycles. The highest BCUT2D eigenvalue weighted by Gasteiger charge is 2.15. The van der Waals surface area contributed by atoms with E-state index in [1.165, 1.54) is 17.3 Å². The predicted molar refractivity (Wildman–Crippen MR) is 66.4 cm³/mol. The zero-order valence-corrected chi connectivity index (χ0v) is 10.2. The SMILES string of the molecule is Fc1nc(SCc2ccccc2)c2[nH]c[nH+]c2n1. The van der Waals surface area contributed by atoms with Crippen LogP contribution in [0.4, 0.5) is 4.39 Å². The van der Waals surface area contributed by atoms with Gasteiger partial charge in [0.05, 0.1) is 0 Å². The summed E-state index contributed by atoms with van der Waals surface area (Å²) in [5, 5.41) is 0.614. The lowest BCUT2D eigenvalue weighted by Crippen LogP contribution is -2.01. The maximum atomic E-state index is 13.2. The molecule has 0 bridgehead atoms. The number of aromatic amines is 2. The van der Waals surface area contributed by atoms with Gasteiger partial charge in [-0.2, -0.15) is 4.98 Å². The number of nitrogens with zero attached hydrogens (tertiary/aromatic N) is 2. The molecule has 2 heterocycles. The highest BCUT2D eigenvalue weighted by Crippen LogP contribution is 2.25. The van der Waals surface area contributed by atoms with Gasteiger partial charge in [-0.15, -0.1) is 4.39 Å². The van der Waals surface area contributed by atoms with Crippen molar-refractivity contribution in [3.63, 3.8) is 0 Å². The second-order valence-corrected chi connectivity index (χ2v) is 4.69. The van der Waals surface area contributed by atoms with Gasteiger partial charge in [-0.05, 0) is 10.5 Å². The molecular weight excluding hydrogens is 251 g/mol. The normalized spacial score (nSPS) is 10.9. The van der Waals surface area contributed by atoms with Crippen LogP contribution in [-0.2, 0) is 5.75 Å². The molecule has 0 aliphatic rings. The van der Waals surface area contributed by atoms with Gasteiger partial charge in [0, 0.05) is 5.75 Å². The summed E-state index contributed by atoms with van der Waals surface area (Å²) < 4.78 is 13.2. The Balaban J connectivity index is 1.88. The molecule has 0 unspecified atom stereocenters. The molecule has 1 aromatic carbocycles. The van der Waals surface area contributed by atoms with Gasteiger partial charge in [-0.1, -0.05) is 42.1 Å². The van der Waals surface area contributed by atoms with E-state index in [0.29, 0.717) is 10.7 Å². The summed E-state index contributed by atoms with van der Waals surface area (Å²) in [6.45, 7) is 0. The lowest BCUT2D eigenvalue weighted by molar-refractivity contribution is -0.347. The van der Waals surface area contributed by atoms with E-state index in [2.05, 4.69) is 19.9 Å². The quantitative estimate of drug-likeness (QED) is 0.447. The number of nitrogens with one attached hydrogen (secondary N) is 2. The number of imidazole rings is 1. The molecule has 3 aromatic rings. The summed E-state index contributed by atoms with van der Waals surface area (Å²) in [7, 11) is 0. The number of aromatic nitrogens is 4. The molecule has 0 amide bonds. The number of benzene rings is 1. The lowest BCUT2D eigenvalue weighted by atomic mass is 10.2.